The third-order valence-corrected chi connectivity index (χ3v) is 9.68. The van der Waals surface area contributed by atoms with E-state index in [1.165, 1.54) is 23.5 Å². The molecule has 4 aromatic rings. The minimum absolute atomic E-state index is 0.00468. The molecule has 224 valence electrons. The number of aromatic carboxylic acids is 1. The second kappa shape index (κ2) is 11.0. The van der Waals surface area contributed by atoms with Crippen molar-refractivity contribution < 1.29 is 37.1 Å². The average Bonchev–Trinajstić information content (AvgIpc) is 3.42. The summed E-state index contributed by atoms with van der Waals surface area (Å²) in [5.41, 5.74) is 3.40. The van der Waals surface area contributed by atoms with Crippen LogP contribution >= 0.6 is 11.3 Å². The lowest BCUT2D eigenvalue weighted by atomic mass is 9.98. The number of hydrogen-bond acceptors (Lipinski definition) is 7. The number of anilines is 1. The molecule has 1 saturated carbocycles. The van der Waals surface area contributed by atoms with Crippen molar-refractivity contribution in [1.29, 1.82) is 0 Å². The number of benzene rings is 2. The van der Waals surface area contributed by atoms with Gasteiger partial charge in [-0.05, 0) is 80.5 Å². The van der Waals surface area contributed by atoms with E-state index in [-0.39, 0.29) is 29.9 Å². The first-order valence-corrected chi connectivity index (χ1v) is 15.2. The Balaban J connectivity index is 1.05. The Bertz CT molecular complexity index is 1610. The van der Waals surface area contributed by atoms with Gasteiger partial charge in [0.15, 0.2) is 0 Å². The van der Waals surface area contributed by atoms with Crippen molar-refractivity contribution in [1.82, 2.24) is 5.16 Å². The van der Waals surface area contributed by atoms with Gasteiger partial charge in [0.1, 0.15) is 22.1 Å². The molecule has 0 radical (unpaired) electrons. The van der Waals surface area contributed by atoms with Crippen LogP contribution < -0.4 is 9.64 Å². The molecule has 2 bridgehead atoms. The third-order valence-electron chi connectivity index (χ3n) is 8.55. The Hall–Kier alpha value is -3.83. The van der Waals surface area contributed by atoms with Crippen LogP contribution in [0.1, 0.15) is 65.4 Å². The average molecular weight is 611 g/mol. The molecule has 0 unspecified atom stereocenters. The van der Waals surface area contributed by atoms with Crippen molar-refractivity contribution in [3.63, 3.8) is 0 Å². The third kappa shape index (κ3) is 5.75. The maximum atomic E-state index is 13.1. The van der Waals surface area contributed by atoms with Crippen LogP contribution in [0.25, 0.3) is 21.7 Å². The zero-order chi connectivity index (χ0) is 29.7. The first kappa shape index (κ1) is 28.0. The lowest BCUT2D eigenvalue weighted by Crippen LogP contribution is -2.45. The van der Waals surface area contributed by atoms with Crippen molar-refractivity contribution >= 4 is 23.0 Å². The minimum Gasteiger partial charge on any atom is -0.477 e. The fourth-order valence-corrected chi connectivity index (χ4v) is 7.36. The summed E-state index contributed by atoms with van der Waals surface area (Å²) in [6, 6.07) is 18.4. The molecule has 1 aliphatic carbocycles. The van der Waals surface area contributed by atoms with Gasteiger partial charge in [-0.1, -0.05) is 29.4 Å². The number of piperidine rings is 1. The molecule has 7 rings (SSSR count). The second-order valence-electron chi connectivity index (χ2n) is 11.4. The van der Waals surface area contributed by atoms with Crippen molar-refractivity contribution in [2.45, 2.75) is 75.6 Å². The van der Waals surface area contributed by atoms with Gasteiger partial charge in [-0.25, -0.2) is 4.79 Å². The van der Waals surface area contributed by atoms with Crippen LogP contribution in [0.3, 0.4) is 0 Å². The standard InChI is InChI=1S/C32H29F3N2O5S/c33-32(34,35)41-26-4-2-1-3-24(26)29-25(30(42-36-29)19-5-6-19)17-40-23-15-21-11-12-22(16-23)37(21)20-9-7-18(8-10-20)27-13-14-28(43-27)31(38)39/h1-4,7-10,13-14,19,21-23H,5-6,11-12,15-17H2,(H,38,39)/t21-,22+,23+. The van der Waals surface area contributed by atoms with E-state index >= 15 is 0 Å². The molecule has 3 atom stereocenters. The molecule has 11 heteroatoms. The van der Waals surface area contributed by atoms with Gasteiger partial charge < -0.3 is 24.0 Å². The summed E-state index contributed by atoms with van der Waals surface area (Å²) in [5, 5.41) is 13.4. The number of halogens is 3. The Kier molecular flexibility index (Phi) is 7.17. The molecule has 2 aromatic carbocycles. The SMILES string of the molecule is O=C(O)c1ccc(-c2ccc(N3[C@@H]4CC[C@H]3C[C@@H](OCc3c(-c5ccccc5OC(F)(F)F)noc3C3CC3)C4)cc2)s1. The van der Waals surface area contributed by atoms with Crippen molar-refractivity contribution in [2.75, 3.05) is 4.90 Å². The molecule has 0 amide bonds. The van der Waals surface area contributed by atoms with E-state index in [0.29, 0.717) is 34.0 Å². The molecule has 43 heavy (non-hydrogen) atoms. The Morgan fingerprint density at radius 3 is 2.37 bits per heavy atom. The van der Waals surface area contributed by atoms with Crippen LogP contribution in [-0.2, 0) is 11.3 Å². The molecule has 2 saturated heterocycles. The fraction of sp³-hybridized carbons (Fsp3) is 0.375. The molecule has 4 heterocycles. The van der Waals surface area contributed by atoms with Crippen LogP contribution in [0.2, 0.25) is 0 Å². The molecule has 2 aromatic heterocycles. The first-order chi connectivity index (χ1) is 20.7. The number of hydrogen-bond donors (Lipinski definition) is 1. The second-order valence-corrected chi connectivity index (χ2v) is 12.5. The number of carboxylic acids is 1. The molecular weight excluding hydrogens is 581 g/mol. The van der Waals surface area contributed by atoms with Crippen molar-refractivity contribution in [2.24, 2.45) is 0 Å². The van der Waals surface area contributed by atoms with Gasteiger partial charge in [-0.2, -0.15) is 0 Å². The summed E-state index contributed by atoms with van der Waals surface area (Å²) >= 11 is 1.26. The smallest absolute Gasteiger partial charge is 0.477 e. The molecule has 7 nitrogen and oxygen atoms in total. The Morgan fingerprint density at radius 2 is 1.72 bits per heavy atom. The molecule has 1 N–H and O–H groups in total. The summed E-state index contributed by atoms with van der Waals surface area (Å²) in [4.78, 5) is 15.0. The van der Waals surface area contributed by atoms with Crippen LogP contribution in [0.4, 0.5) is 18.9 Å². The van der Waals surface area contributed by atoms with Crippen molar-refractivity contribution in [3.8, 4) is 27.4 Å². The zero-order valence-corrected chi connectivity index (χ0v) is 23.9. The molecular formula is C32H29F3N2O5S. The lowest BCUT2D eigenvalue weighted by molar-refractivity contribution is -0.274. The van der Waals surface area contributed by atoms with Gasteiger partial charge >= 0.3 is 12.3 Å². The van der Waals surface area contributed by atoms with E-state index in [4.69, 9.17) is 9.26 Å². The van der Waals surface area contributed by atoms with Gasteiger partial charge in [-0.15, -0.1) is 24.5 Å². The number of carboxylic acid groups (broad SMARTS) is 1. The number of alkyl halides is 3. The summed E-state index contributed by atoms with van der Waals surface area (Å²) in [6.45, 7) is 0.211. The van der Waals surface area contributed by atoms with E-state index in [1.807, 2.05) is 18.2 Å². The normalized spacial score (nSPS) is 21.7. The van der Waals surface area contributed by atoms with Crippen molar-refractivity contribution in [3.05, 3.63) is 76.9 Å². The highest BCUT2D eigenvalue weighted by molar-refractivity contribution is 7.17. The lowest BCUT2D eigenvalue weighted by Gasteiger charge is -2.40. The number of rotatable bonds is 9. The number of thiophene rings is 1. The molecule has 2 aliphatic heterocycles. The quantitative estimate of drug-likeness (QED) is 0.204. The summed E-state index contributed by atoms with van der Waals surface area (Å²) in [7, 11) is 0. The van der Waals surface area contributed by atoms with Crippen LogP contribution in [-0.4, -0.2) is 40.8 Å². The van der Waals surface area contributed by atoms with E-state index in [0.717, 1.165) is 54.7 Å². The molecule has 0 spiro atoms. The molecule has 3 fully saturated rings. The van der Waals surface area contributed by atoms with E-state index in [9.17, 15) is 23.1 Å². The van der Waals surface area contributed by atoms with Gasteiger partial charge in [0.25, 0.3) is 0 Å². The summed E-state index contributed by atoms with van der Waals surface area (Å²) in [6.07, 6.45) is 0.909. The highest BCUT2D eigenvalue weighted by atomic mass is 32.1. The Morgan fingerprint density at radius 1 is 1.00 bits per heavy atom. The predicted molar refractivity (Wildman–Crippen MR) is 154 cm³/mol. The number of ether oxygens (including phenoxy) is 2. The number of aromatic nitrogens is 1. The van der Waals surface area contributed by atoms with E-state index in [2.05, 4.69) is 26.9 Å². The van der Waals surface area contributed by atoms with E-state index < -0.39 is 12.3 Å². The summed E-state index contributed by atoms with van der Waals surface area (Å²) < 4.78 is 55.8. The first-order valence-electron chi connectivity index (χ1n) is 14.4. The fourth-order valence-electron chi connectivity index (χ4n) is 6.51. The zero-order valence-electron chi connectivity index (χ0n) is 23.0. The number of nitrogens with zero attached hydrogens (tertiary/aromatic N) is 2. The van der Waals surface area contributed by atoms with Gasteiger partial charge in [0, 0.05) is 39.7 Å². The van der Waals surface area contributed by atoms with Gasteiger partial charge in [0.2, 0.25) is 0 Å². The van der Waals surface area contributed by atoms with Crippen LogP contribution in [0, 0.1) is 0 Å². The highest BCUT2D eigenvalue weighted by Gasteiger charge is 2.42. The van der Waals surface area contributed by atoms with Gasteiger partial charge in [0.05, 0.1) is 12.7 Å². The minimum atomic E-state index is -4.82. The van der Waals surface area contributed by atoms with Gasteiger partial charge in [-0.3, -0.25) is 0 Å². The maximum absolute atomic E-state index is 13.1. The van der Waals surface area contributed by atoms with Crippen LogP contribution in [0.5, 0.6) is 5.75 Å². The van der Waals surface area contributed by atoms with E-state index in [1.54, 1.807) is 18.2 Å². The number of fused-ring (bicyclic) bond motifs is 2. The number of carbonyl (C=O) groups is 1. The summed E-state index contributed by atoms with van der Waals surface area (Å²) in [5.74, 6) is -0.329. The predicted octanol–water partition coefficient (Wildman–Crippen LogP) is 8.26. The topological polar surface area (TPSA) is 85.0 Å². The number of para-hydroxylation sites is 1. The largest absolute Gasteiger partial charge is 0.573 e. The maximum Gasteiger partial charge on any atom is 0.573 e. The highest BCUT2D eigenvalue weighted by Crippen LogP contribution is 2.47. The Labute approximate surface area is 249 Å². The molecule has 3 aliphatic rings. The monoisotopic (exact) mass is 610 g/mol. The van der Waals surface area contributed by atoms with Crippen LogP contribution in [0.15, 0.2) is 65.2 Å².